The Morgan fingerprint density at radius 3 is 2.48 bits per heavy atom. The third-order valence-electron chi connectivity index (χ3n) is 5.88. The summed E-state index contributed by atoms with van der Waals surface area (Å²) in [6.07, 6.45) is 3.56. The van der Waals surface area contributed by atoms with Gasteiger partial charge in [0.2, 0.25) is 17.6 Å². The molecule has 1 atom stereocenters. The molecule has 0 bridgehead atoms. The number of anilines is 1. The van der Waals surface area contributed by atoms with Gasteiger partial charge in [0.05, 0.1) is 11.4 Å². The summed E-state index contributed by atoms with van der Waals surface area (Å²) in [5.41, 5.74) is 9.08. The second-order valence-corrected chi connectivity index (χ2v) is 8.54. The summed E-state index contributed by atoms with van der Waals surface area (Å²) in [7, 11) is 3.79. The maximum atomic E-state index is 13.1. The van der Waals surface area contributed by atoms with E-state index in [-0.39, 0.29) is 11.8 Å². The number of oxazole rings is 1. The predicted octanol–water partition coefficient (Wildman–Crippen LogP) is 2.93. The number of likely N-dealkylation sites (tertiary alicyclic amines) is 1. The van der Waals surface area contributed by atoms with Gasteiger partial charge in [-0.05, 0) is 37.5 Å². The standard InChI is InChI=1S/C24H28N6O3/c1-14-21(33-15(2)27-14)23(32)30-11-5-6-18(13-30)20-19(12-26-24(28-20)29(3)4)16-7-9-17(10-8-16)22(25)31/h7-10,12,18H,5-6,11,13H2,1-4H3,(H2,25,31). The molecule has 1 aromatic carbocycles. The van der Waals surface area contributed by atoms with E-state index in [1.807, 2.05) is 42.2 Å². The van der Waals surface area contributed by atoms with Crippen molar-refractivity contribution in [1.29, 1.82) is 0 Å². The van der Waals surface area contributed by atoms with Gasteiger partial charge in [-0.15, -0.1) is 0 Å². The van der Waals surface area contributed by atoms with Crippen molar-refractivity contribution in [2.45, 2.75) is 32.6 Å². The van der Waals surface area contributed by atoms with E-state index in [1.165, 1.54) is 0 Å². The van der Waals surface area contributed by atoms with Crippen molar-refractivity contribution >= 4 is 17.8 Å². The highest BCUT2D eigenvalue weighted by Gasteiger charge is 2.31. The first-order chi connectivity index (χ1) is 15.7. The molecule has 9 nitrogen and oxygen atoms in total. The first-order valence-electron chi connectivity index (χ1n) is 10.9. The number of aryl methyl sites for hydroxylation is 2. The van der Waals surface area contributed by atoms with Crippen LogP contribution in [0.15, 0.2) is 34.9 Å². The van der Waals surface area contributed by atoms with Gasteiger partial charge in [-0.1, -0.05) is 12.1 Å². The molecule has 1 aliphatic heterocycles. The molecular formula is C24H28N6O3. The Labute approximate surface area is 192 Å². The SMILES string of the molecule is Cc1nc(C)c(C(=O)N2CCCC(c3nc(N(C)C)ncc3-c3ccc(C(N)=O)cc3)C2)o1. The zero-order valence-electron chi connectivity index (χ0n) is 19.3. The molecule has 1 unspecified atom stereocenters. The maximum absolute atomic E-state index is 13.1. The average molecular weight is 449 g/mol. The van der Waals surface area contributed by atoms with Gasteiger partial charge in [0.15, 0.2) is 5.89 Å². The molecule has 0 radical (unpaired) electrons. The number of rotatable bonds is 5. The molecule has 1 saturated heterocycles. The lowest BCUT2D eigenvalue weighted by atomic mass is 9.89. The Hall–Kier alpha value is -3.75. The number of nitrogens with two attached hydrogens (primary N) is 1. The Balaban J connectivity index is 1.68. The van der Waals surface area contributed by atoms with Crippen molar-refractivity contribution in [3.63, 3.8) is 0 Å². The number of nitrogens with zero attached hydrogens (tertiary/aromatic N) is 5. The van der Waals surface area contributed by atoms with Gasteiger partial charge < -0.3 is 20.0 Å². The van der Waals surface area contributed by atoms with E-state index < -0.39 is 5.91 Å². The third-order valence-corrected chi connectivity index (χ3v) is 5.88. The number of piperidine rings is 1. The minimum Gasteiger partial charge on any atom is -0.436 e. The van der Waals surface area contributed by atoms with Crippen LogP contribution < -0.4 is 10.6 Å². The van der Waals surface area contributed by atoms with E-state index in [4.69, 9.17) is 15.1 Å². The molecule has 9 heteroatoms. The molecule has 2 aromatic heterocycles. The van der Waals surface area contributed by atoms with Crippen LogP contribution in [-0.4, -0.2) is 58.9 Å². The van der Waals surface area contributed by atoms with Crippen molar-refractivity contribution < 1.29 is 14.0 Å². The molecule has 2 N–H and O–H groups in total. The number of benzene rings is 1. The van der Waals surface area contributed by atoms with Crippen molar-refractivity contribution in [3.05, 3.63) is 59.1 Å². The van der Waals surface area contributed by atoms with Crippen LogP contribution in [0.2, 0.25) is 0 Å². The van der Waals surface area contributed by atoms with Crippen LogP contribution in [0.1, 0.15) is 57.0 Å². The van der Waals surface area contributed by atoms with Gasteiger partial charge in [0.25, 0.3) is 5.91 Å². The molecule has 172 valence electrons. The number of hydrogen-bond acceptors (Lipinski definition) is 7. The van der Waals surface area contributed by atoms with Gasteiger partial charge in [-0.25, -0.2) is 15.0 Å². The van der Waals surface area contributed by atoms with Crippen LogP contribution in [0, 0.1) is 13.8 Å². The zero-order chi connectivity index (χ0) is 23.7. The molecule has 0 spiro atoms. The molecular weight excluding hydrogens is 420 g/mol. The predicted molar refractivity (Wildman–Crippen MR) is 124 cm³/mol. The topological polar surface area (TPSA) is 118 Å². The van der Waals surface area contributed by atoms with E-state index in [9.17, 15) is 9.59 Å². The summed E-state index contributed by atoms with van der Waals surface area (Å²) in [4.78, 5) is 41.9. The van der Waals surface area contributed by atoms with Crippen molar-refractivity contribution in [3.8, 4) is 11.1 Å². The number of hydrogen-bond donors (Lipinski definition) is 1. The highest BCUT2D eigenvalue weighted by Crippen LogP contribution is 2.34. The molecule has 33 heavy (non-hydrogen) atoms. The summed E-state index contributed by atoms with van der Waals surface area (Å²) >= 11 is 0. The molecule has 0 saturated carbocycles. The van der Waals surface area contributed by atoms with Gasteiger partial charge in [0, 0.05) is 57.4 Å². The molecule has 2 amide bonds. The van der Waals surface area contributed by atoms with Crippen LogP contribution in [-0.2, 0) is 0 Å². The molecule has 1 fully saturated rings. The highest BCUT2D eigenvalue weighted by atomic mass is 16.4. The lowest BCUT2D eigenvalue weighted by Gasteiger charge is -2.33. The van der Waals surface area contributed by atoms with Crippen LogP contribution in [0.3, 0.4) is 0 Å². The second kappa shape index (κ2) is 9.01. The van der Waals surface area contributed by atoms with Crippen LogP contribution in [0.25, 0.3) is 11.1 Å². The fourth-order valence-electron chi connectivity index (χ4n) is 4.21. The Bertz CT molecular complexity index is 1190. The number of primary amides is 1. The summed E-state index contributed by atoms with van der Waals surface area (Å²) in [5, 5.41) is 0. The van der Waals surface area contributed by atoms with Crippen molar-refractivity contribution in [2.24, 2.45) is 5.73 Å². The molecule has 3 heterocycles. The normalized spacial score (nSPS) is 16.0. The van der Waals surface area contributed by atoms with Gasteiger partial charge in [-0.3, -0.25) is 9.59 Å². The Kier molecular flexibility index (Phi) is 6.13. The van der Waals surface area contributed by atoms with Gasteiger partial charge in [-0.2, -0.15) is 0 Å². The van der Waals surface area contributed by atoms with E-state index in [1.54, 1.807) is 26.0 Å². The summed E-state index contributed by atoms with van der Waals surface area (Å²) in [5.74, 6) is 0.796. The van der Waals surface area contributed by atoms with E-state index >= 15 is 0 Å². The second-order valence-electron chi connectivity index (χ2n) is 8.54. The fourth-order valence-corrected chi connectivity index (χ4v) is 4.21. The first kappa shape index (κ1) is 22.4. The maximum Gasteiger partial charge on any atom is 0.291 e. The minimum absolute atomic E-state index is 0.0274. The largest absolute Gasteiger partial charge is 0.436 e. The van der Waals surface area contributed by atoms with Crippen LogP contribution in [0.4, 0.5) is 5.95 Å². The lowest BCUT2D eigenvalue weighted by molar-refractivity contribution is 0.0671. The van der Waals surface area contributed by atoms with Gasteiger partial charge in [0.1, 0.15) is 0 Å². The average Bonchev–Trinajstić information content (AvgIpc) is 3.16. The van der Waals surface area contributed by atoms with E-state index in [2.05, 4.69) is 9.97 Å². The van der Waals surface area contributed by atoms with E-state index in [0.717, 1.165) is 29.7 Å². The van der Waals surface area contributed by atoms with Crippen LogP contribution in [0.5, 0.6) is 0 Å². The number of amides is 2. The number of carbonyl (C=O) groups excluding carboxylic acids is 2. The number of carbonyl (C=O) groups is 2. The molecule has 1 aliphatic rings. The summed E-state index contributed by atoms with van der Waals surface area (Å²) in [6.45, 7) is 4.70. The quantitative estimate of drug-likeness (QED) is 0.637. The Morgan fingerprint density at radius 1 is 1.15 bits per heavy atom. The smallest absolute Gasteiger partial charge is 0.291 e. The van der Waals surface area contributed by atoms with Crippen molar-refractivity contribution in [1.82, 2.24) is 19.9 Å². The Morgan fingerprint density at radius 2 is 1.88 bits per heavy atom. The lowest BCUT2D eigenvalue weighted by Crippen LogP contribution is -2.39. The van der Waals surface area contributed by atoms with Crippen LogP contribution >= 0.6 is 0 Å². The minimum atomic E-state index is -0.472. The number of aromatic nitrogens is 3. The van der Waals surface area contributed by atoms with Crippen molar-refractivity contribution in [2.75, 3.05) is 32.1 Å². The monoisotopic (exact) mass is 448 g/mol. The highest BCUT2D eigenvalue weighted by molar-refractivity contribution is 5.93. The fraction of sp³-hybridized carbons (Fsp3) is 0.375. The zero-order valence-corrected chi connectivity index (χ0v) is 19.3. The van der Waals surface area contributed by atoms with E-state index in [0.29, 0.717) is 41.9 Å². The molecule has 4 rings (SSSR count). The third kappa shape index (κ3) is 4.57. The summed E-state index contributed by atoms with van der Waals surface area (Å²) < 4.78 is 5.57. The van der Waals surface area contributed by atoms with Gasteiger partial charge >= 0.3 is 0 Å². The first-order valence-corrected chi connectivity index (χ1v) is 10.9. The molecule has 0 aliphatic carbocycles. The molecule has 3 aromatic rings. The summed E-state index contributed by atoms with van der Waals surface area (Å²) in [6, 6.07) is 7.11.